The van der Waals surface area contributed by atoms with Crippen molar-refractivity contribution in [3.05, 3.63) is 28.5 Å². The number of hydrogen-bond acceptors (Lipinski definition) is 2. The summed E-state index contributed by atoms with van der Waals surface area (Å²) in [5.41, 5.74) is 1.23. The Morgan fingerprint density at radius 2 is 2.18 bits per heavy atom. The first-order chi connectivity index (χ1) is 8.16. The van der Waals surface area contributed by atoms with Gasteiger partial charge < -0.3 is 0 Å². The first-order valence-electron chi connectivity index (χ1n) is 6.10. The summed E-state index contributed by atoms with van der Waals surface area (Å²) in [6, 6.07) is 2.62. The van der Waals surface area contributed by atoms with E-state index in [1.807, 2.05) is 12.4 Å². The van der Waals surface area contributed by atoms with E-state index in [1.54, 1.807) is 0 Å². The van der Waals surface area contributed by atoms with Crippen LogP contribution >= 0.6 is 27.5 Å². The molecule has 0 radical (unpaired) electrons. The van der Waals surface area contributed by atoms with E-state index in [-0.39, 0.29) is 0 Å². The number of alkyl halides is 1. The van der Waals surface area contributed by atoms with Gasteiger partial charge in [0.15, 0.2) is 0 Å². The zero-order valence-electron chi connectivity index (χ0n) is 10.1. The highest BCUT2D eigenvalue weighted by molar-refractivity contribution is 9.10. The van der Waals surface area contributed by atoms with E-state index in [4.69, 9.17) is 11.6 Å². The lowest BCUT2D eigenvalue weighted by molar-refractivity contribution is 0.188. The molecule has 0 saturated heterocycles. The highest BCUT2D eigenvalue weighted by Gasteiger charge is 2.26. The van der Waals surface area contributed by atoms with Gasteiger partial charge in [-0.3, -0.25) is 9.88 Å². The van der Waals surface area contributed by atoms with Gasteiger partial charge in [0.05, 0.1) is 0 Å². The lowest BCUT2D eigenvalue weighted by atomic mass is 9.93. The van der Waals surface area contributed by atoms with Crippen LogP contribution in [0.5, 0.6) is 0 Å². The fourth-order valence-electron chi connectivity index (χ4n) is 2.51. The average molecular weight is 318 g/mol. The van der Waals surface area contributed by atoms with Crippen LogP contribution in [0, 0.1) is 0 Å². The molecule has 17 heavy (non-hydrogen) atoms. The molecule has 94 valence electrons. The molecule has 0 spiro atoms. The van der Waals surface area contributed by atoms with Crippen molar-refractivity contribution in [1.82, 2.24) is 9.88 Å². The first-order valence-corrected chi connectivity index (χ1v) is 7.33. The van der Waals surface area contributed by atoms with Crippen molar-refractivity contribution in [2.24, 2.45) is 0 Å². The van der Waals surface area contributed by atoms with Crippen molar-refractivity contribution in [2.75, 3.05) is 7.05 Å². The molecule has 0 bridgehead atoms. The standard InChI is InChI=1S/C13H18BrClN2/c1-17(13-5-3-2-4-12(13)15)9-10-6-11(14)8-16-7-10/h6-8,12-13H,2-5,9H2,1H3. The van der Waals surface area contributed by atoms with Gasteiger partial charge in [-0.2, -0.15) is 0 Å². The number of hydrogen-bond donors (Lipinski definition) is 0. The molecule has 1 aliphatic carbocycles. The molecule has 2 nitrogen and oxygen atoms in total. The molecule has 2 rings (SSSR count). The maximum atomic E-state index is 6.41. The van der Waals surface area contributed by atoms with Gasteiger partial charge in [0.25, 0.3) is 0 Å². The Bertz CT molecular complexity index is 372. The van der Waals surface area contributed by atoms with Crippen LogP contribution in [-0.4, -0.2) is 28.4 Å². The molecule has 1 aromatic rings. The quantitative estimate of drug-likeness (QED) is 0.788. The lowest BCUT2D eigenvalue weighted by Crippen LogP contribution is -2.40. The predicted molar refractivity (Wildman–Crippen MR) is 75.3 cm³/mol. The van der Waals surface area contributed by atoms with Crippen LogP contribution in [0.3, 0.4) is 0 Å². The van der Waals surface area contributed by atoms with Crippen LogP contribution in [0.4, 0.5) is 0 Å². The summed E-state index contributed by atoms with van der Waals surface area (Å²) in [6.45, 7) is 0.917. The Morgan fingerprint density at radius 3 is 2.88 bits per heavy atom. The smallest absolute Gasteiger partial charge is 0.0491 e. The molecular formula is C13H18BrClN2. The minimum Gasteiger partial charge on any atom is -0.298 e. The maximum Gasteiger partial charge on any atom is 0.0491 e. The number of aromatic nitrogens is 1. The second-order valence-electron chi connectivity index (χ2n) is 4.79. The summed E-state index contributed by atoms with van der Waals surface area (Å²) in [5, 5.41) is 0.300. The molecule has 2 atom stereocenters. The predicted octanol–water partition coefficient (Wildman–Crippen LogP) is 3.83. The Hall–Kier alpha value is -0.120. The molecule has 1 saturated carbocycles. The molecule has 1 aromatic heterocycles. The van der Waals surface area contributed by atoms with Crippen molar-refractivity contribution >= 4 is 27.5 Å². The van der Waals surface area contributed by atoms with E-state index < -0.39 is 0 Å². The van der Waals surface area contributed by atoms with E-state index in [0.717, 1.165) is 17.4 Å². The van der Waals surface area contributed by atoms with E-state index in [2.05, 4.69) is 38.9 Å². The Balaban J connectivity index is 1.98. The molecule has 0 N–H and O–H groups in total. The molecule has 0 aliphatic heterocycles. The van der Waals surface area contributed by atoms with E-state index in [9.17, 15) is 0 Å². The van der Waals surface area contributed by atoms with Gasteiger partial charge >= 0.3 is 0 Å². The van der Waals surface area contributed by atoms with Crippen LogP contribution in [0.25, 0.3) is 0 Å². The van der Waals surface area contributed by atoms with Crippen molar-refractivity contribution in [1.29, 1.82) is 0 Å². The summed E-state index contributed by atoms with van der Waals surface area (Å²) in [4.78, 5) is 6.56. The normalized spacial score (nSPS) is 25.2. The summed E-state index contributed by atoms with van der Waals surface area (Å²) in [6.07, 6.45) is 8.67. The lowest BCUT2D eigenvalue weighted by Gasteiger charge is -2.34. The number of nitrogens with zero attached hydrogens (tertiary/aromatic N) is 2. The molecule has 1 heterocycles. The van der Waals surface area contributed by atoms with Crippen LogP contribution in [-0.2, 0) is 6.54 Å². The average Bonchev–Trinajstić information content (AvgIpc) is 2.29. The molecular weight excluding hydrogens is 300 g/mol. The molecule has 1 aliphatic rings. The van der Waals surface area contributed by atoms with Crippen molar-refractivity contribution < 1.29 is 0 Å². The highest BCUT2D eigenvalue weighted by Crippen LogP contribution is 2.27. The zero-order valence-corrected chi connectivity index (χ0v) is 12.4. The van der Waals surface area contributed by atoms with Gasteiger partial charge in [-0.15, -0.1) is 11.6 Å². The van der Waals surface area contributed by atoms with Crippen LogP contribution in [0.2, 0.25) is 0 Å². The fraction of sp³-hybridized carbons (Fsp3) is 0.615. The molecule has 0 aromatic carbocycles. The van der Waals surface area contributed by atoms with Crippen molar-refractivity contribution in [3.8, 4) is 0 Å². The van der Waals surface area contributed by atoms with Gasteiger partial charge in [0, 0.05) is 34.8 Å². The monoisotopic (exact) mass is 316 g/mol. The minimum atomic E-state index is 0.300. The Morgan fingerprint density at radius 1 is 1.41 bits per heavy atom. The summed E-state index contributed by atoms with van der Waals surface area (Å²) >= 11 is 9.86. The third kappa shape index (κ3) is 3.67. The third-order valence-corrected chi connectivity index (χ3v) is 4.35. The topological polar surface area (TPSA) is 16.1 Å². The van der Waals surface area contributed by atoms with E-state index in [0.29, 0.717) is 11.4 Å². The molecule has 0 amide bonds. The third-order valence-electron chi connectivity index (χ3n) is 3.41. The first kappa shape index (κ1) is 13.3. The number of pyridine rings is 1. The van der Waals surface area contributed by atoms with Crippen molar-refractivity contribution in [2.45, 2.75) is 43.6 Å². The van der Waals surface area contributed by atoms with Gasteiger partial charge in [-0.1, -0.05) is 12.8 Å². The van der Waals surface area contributed by atoms with Crippen LogP contribution in [0.15, 0.2) is 22.9 Å². The number of halogens is 2. The zero-order chi connectivity index (χ0) is 12.3. The van der Waals surface area contributed by atoms with Crippen LogP contribution in [0.1, 0.15) is 31.2 Å². The van der Waals surface area contributed by atoms with Gasteiger partial charge in [0.1, 0.15) is 0 Å². The molecule has 4 heteroatoms. The largest absolute Gasteiger partial charge is 0.298 e. The summed E-state index contributed by atoms with van der Waals surface area (Å²) < 4.78 is 1.04. The van der Waals surface area contributed by atoms with E-state index >= 15 is 0 Å². The number of rotatable bonds is 3. The molecule has 1 fully saturated rings. The second-order valence-corrected chi connectivity index (χ2v) is 6.27. The SMILES string of the molecule is CN(Cc1cncc(Br)c1)C1CCCCC1Cl. The van der Waals surface area contributed by atoms with Gasteiger partial charge in [0.2, 0.25) is 0 Å². The van der Waals surface area contributed by atoms with Crippen molar-refractivity contribution in [3.63, 3.8) is 0 Å². The maximum absolute atomic E-state index is 6.41. The van der Waals surface area contributed by atoms with Gasteiger partial charge in [-0.25, -0.2) is 0 Å². The van der Waals surface area contributed by atoms with Crippen LogP contribution < -0.4 is 0 Å². The Labute approximate surface area is 116 Å². The molecule has 2 unspecified atom stereocenters. The Kier molecular flexibility index (Phi) is 4.83. The second kappa shape index (κ2) is 6.17. The van der Waals surface area contributed by atoms with E-state index in [1.165, 1.54) is 24.8 Å². The minimum absolute atomic E-state index is 0.300. The summed E-state index contributed by atoms with van der Waals surface area (Å²) in [5.74, 6) is 0. The van der Waals surface area contributed by atoms with Gasteiger partial charge in [-0.05, 0) is 47.4 Å². The highest BCUT2D eigenvalue weighted by atomic mass is 79.9. The fourth-order valence-corrected chi connectivity index (χ4v) is 3.40. The summed E-state index contributed by atoms with van der Waals surface area (Å²) in [7, 11) is 2.16.